The first-order chi connectivity index (χ1) is 8.99. The summed E-state index contributed by atoms with van der Waals surface area (Å²) in [6, 6.07) is -1.98. The Bertz CT molecular complexity index is 462. The number of nitrogens with zero attached hydrogens (tertiary/aromatic N) is 3. The Balaban J connectivity index is 2.01. The molecule has 0 bridgehead atoms. The average molecular weight is 269 g/mol. The number of urea groups is 1. The second kappa shape index (κ2) is 5.22. The molecule has 0 aromatic carbocycles. The highest BCUT2D eigenvalue weighted by Crippen LogP contribution is 2.19. The number of aromatic nitrogens is 3. The Morgan fingerprint density at radius 1 is 1.63 bits per heavy atom. The molecule has 0 saturated carbocycles. The Morgan fingerprint density at radius 2 is 2.37 bits per heavy atom. The van der Waals surface area contributed by atoms with E-state index >= 15 is 0 Å². The average Bonchev–Trinajstić information content (AvgIpc) is 2.96. The highest BCUT2D eigenvalue weighted by atomic mass is 16.4. The second-order valence-electron chi connectivity index (χ2n) is 4.44. The first-order valence-electron chi connectivity index (χ1n) is 5.82. The van der Waals surface area contributed by atoms with E-state index in [1.807, 2.05) is 0 Å². The van der Waals surface area contributed by atoms with Crippen LogP contribution in [0.5, 0.6) is 0 Å². The maximum Gasteiger partial charge on any atom is 0.326 e. The Kier molecular flexibility index (Phi) is 3.65. The smallest absolute Gasteiger partial charge is 0.326 e. The molecular formula is C10H15N5O4. The first kappa shape index (κ1) is 13.3. The number of rotatable bonds is 3. The monoisotopic (exact) mass is 269 g/mol. The van der Waals surface area contributed by atoms with Gasteiger partial charge in [-0.25, -0.2) is 14.6 Å². The number of aliphatic hydroxyl groups excluding tert-OH is 1. The quantitative estimate of drug-likeness (QED) is 0.562. The molecule has 9 heteroatoms. The van der Waals surface area contributed by atoms with Gasteiger partial charge in [0.05, 0.1) is 12.1 Å². The predicted molar refractivity (Wildman–Crippen MR) is 62.1 cm³/mol. The van der Waals surface area contributed by atoms with Crippen LogP contribution in [-0.2, 0) is 4.79 Å². The number of carbonyl (C=O) groups excluding carboxylic acids is 1. The summed E-state index contributed by atoms with van der Waals surface area (Å²) in [5.41, 5.74) is 0. The number of hydrogen-bond donors (Lipinski definition) is 4. The molecule has 1 fully saturated rings. The van der Waals surface area contributed by atoms with Crippen molar-refractivity contribution < 1.29 is 19.8 Å². The molecular weight excluding hydrogens is 254 g/mol. The Hall–Kier alpha value is -2.16. The van der Waals surface area contributed by atoms with Crippen molar-refractivity contribution in [1.29, 1.82) is 0 Å². The fourth-order valence-corrected chi connectivity index (χ4v) is 2.03. The van der Waals surface area contributed by atoms with Crippen molar-refractivity contribution in [2.24, 2.45) is 0 Å². The van der Waals surface area contributed by atoms with Crippen LogP contribution >= 0.6 is 0 Å². The number of β-amino-alcohol motifs (C(OH)–C–C–N with tert-alkyl or cyclic N) is 1. The van der Waals surface area contributed by atoms with Gasteiger partial charge in [-0.3, -0.25) is 5.10 Å². The third-order valence-electron chi connectivity index (χ3n) is 3.01. The third kappa shape index (κ3) is 2.81. The molecule has 0 radical (unpaired) electrons. The summed E-state index contributed by atoms with van der Waals surface area (Å²) < 4.78 is 0. The Morgan fingerprint density at radius 3 is 2.95 bits per heavy atom. The fourth-order valence-electron chi connectivity index (χ4n) is 2.03. The number of carboxylic acids is 1. The molecule has 19 heavy (non-hydrogen) atoms. The van der Waals surface area contributed by atoms with E-state index in [0.29, 0.717) is 5.82 Å². The largest absolute Gasteiger partial charge is 0.480 e. The molecule has 0 spiro atoms. The lowest BCUT2D eigenvalue weighted by Gasteiger charge is -2.23. The zero-order valence-electron chi connectivity index (χ0n) is 10.3. The fraction of sp³-hybridized carbons (Fsp3) is 0.600. The number of H-pyrrole nitrogens is 1. The summed E-state index contributed by atoms with van der Waals surface area (Å²) in [5, 5.41) is 27.4. The van der Waals surface area contributed by atoms with Crippen LogP contribution in [-0.4, -0.2) is 61.0 Å². The molecule has 9 nitrogen and oxygen atoms in total. The second-order valence-corrected chi connectivity index (χ2v) is 4.44. The van der Waals surface area contributed by atoms with Gasteiger partial charge in [-0.15, -0.1) is 0 Å². The molecule has 104 valence electrons. The lowest BCUT2D eigenvalue weighted by molar-refractivity contribution is -0.141. The summed E-state index contributed by atoms with van der Waals surface area (Å²) in [6.45, 7) is 1.70. The van der Waals surface area contributed by atoms with Crippen LogP contribution in [0.2, 0.25) is 0 Å². The highest BCUT2D eigenvalue weighted by molar-refractivity contribution is 5.83. The number of aromatic amines is 1. The summed E-state index contributed by atoms with van der Waals surface area (Å²) in [5.74, 6) is -0.654. The van der Waals surface area contributed by atoms with Crippen LogP contribution < -0.4 is 5.32 Å². The van der Waals surface area contributed by atoms with Gasteiger partial charge in [0.1, 0.15) is 18.2 Å². The van der Waals surface area contributed by atoms with E-state index in [1.54, 1.807) is 6.92 Å². The molecule has 2 heterocycles. The third-order valence-corrected chi connectivity index (χ3v) is 3.01. The number of amides is 2. The van der Waals surface area contributed by atoms with Crippen molar-refractivity contribution in [1.82, 2.24) is 25.4 Å². The standard InChI is InChI=1S/C10H15N5O4/c1-5(8-11-4-12-14-8)13-10(19)15-3-6(16)2-7(15)9(17)18/h4-7,16H,2-3H2,1H3,(H,13,19)(H,17,18)(H,11,12,14). The number of aliphatic hydroxyl groups is 1. The summed E-state index contributed by atoms with van der Waals surface area (Å²) in [4.78, 5) is 28.0. The van der Waals surface area contributed by atoms with E-state index in [4.69, 9.17) is 5.11 Å². The molecule has 1 aromatic heterocycles. The maximum absolute atomic E-state index is 12.0. The van der Waals surface area contributed by atoms with Gasteiger partial charge in [-0.05, 0) is 6.92 Å². The van der Waals surface area contributed by atoms with Gasteiger partial charge >= 0.3 is 12.0 Å². The number of nitrogens with one attached hydrogen (secondary N) is 2. The zero-order valence-corrected chi connectivity index (χ0v) is 10.3. The van der Waals surface area contributed by atoms with Gasteiger partial charge in [-0.1, -0.05) is 0 Å². The van der Waals surface area contributed by atoms with Crippen molar-refractivity contribution in [3.8, 4) is 0 Å². The van der Waals surface area contributed by atoms with Gasteiger partial charge < -0.3 is 20.4 Å². The van der Waals surface area contributed by atoms with Crippen LogP contribution in [0.1, 0.15) is 25.2 Å². The number of carbonyl (C=O) groups is 2. The molecule has 3 unspecified atom stereocenters. The molecule has 2 rings (SSSR count). The van der Waals surface area contributed by atoms with E-state index in [-0.39, 0.29) is 13.0 Å². The van der Waals surface area contributed by atoms with Crippen molar-refractivity contribution in [3.05, 3.63) is 12.2 Å². The van der Waals surface area contributed by atoms with Gasteiger partial charge in [-0.2, -0.15) is 5.10 Å². The van der Waals surface area contributed by atoms with Crippen molar-refractivity contribution in [2.75, 3.05) is 6.54 Å². The van der Waals surface area contributed by atoms with Crippen LogP contribution in [0, 0.1) is 0 Å². The van der Waals surface area contributed by atoms with E-state index in [2.05, 4.69) is 20.5 Å². The zero-order chi connectivity index (χ0) is 14.0. The molecule has 3 atom stereocenters. The number of likely N-dealkylation sites (tertiary alicyclic amines) is 1. The van der Waals surface area contributed by atoms with Gasteiger partial charge in [0, 0.05) is 13.0 Å². The molecule has 2 amide bonds. The van der Waals surface area contributed by atoms with Crippen LogP contribution in [0.25, 0.3) is 0 Å². The van der Waals surface area contributed by atoms with E-state index in [0.717, 1.165) is 4.90 Å². The van der Waals surface area contributed by atoms with Crippen molar-refractivity contribution in [2.45, 2.75) is 31.5 Å². The van der Waals surface area contributed by atoms with Crippen molar-refractivity contribution in [3.63, 3.8) is 0 Å². The van der Waals surface area contributed by atoms with Gasteiger partial charge in [0.25, 0.3) is 0 Å². The minimum atomic E-state index is -1.13. The number of aliphatic carboxylic acids is 1. The highest BCUT2D eigenvalue weighted by Gasteiger charge is 2.39. The minimum Gasteiger partial charge on any atom is -0.480 e. The van der Waals surface area contributed by atoms with Gasteiger partial charge in [0.15, 0.2) is 0 Å². The normalized spacial score (nSPS) is 24.2. The number of hydrogen-bond acceptors (Lipinski definition) is 5. The van der Waals surface area contributed by atoms with Crippen molar-refractivity contribution >= 4 is 12.0 Å². The molecule has 1 aliphatic heterocycles. The van der Waals surface area contributed by atoms with E-state index in [9.17, 15) is 14.7 Å². The maximum atomic E-state index is 12.0. The van der Waals surface area contributed by atoms with Crippen LogP contribution in [0.3, 0.4) is 0 Å². The summed E-state index contributed by atoms with van der Waals surface area (Å²) in [6.07, 6.45) is 0.546. The summed E-state index contributed by atoms with van der Waals surface area (Å²) in [7, 11) is 0. The van der Waals surface area contributed by atoms with E-state index in [1.165, 1.54) is 6.33 Å². The predicted octanol–water partition coefficient (Wildman–Crippen LogP) is -0.905. The lowest BCUT2D eigenvalue weighted by atomic mass is 10.2. The molecule has 1 saturated heterocycles. The molecule has 0 aliphatic carbocycles. The first-order valence-corrected chi connectivity index (χ1v) is 5.82. The summed E-state index contributed by atoms with van der Waals surface area (Å²) >= 11 is 0. The Labute approximate surface area is 108 Å². The SMILES string of the molecule is CC(NC(=O)N1CC(O)CC1C(=O)O)c1ncn[nH]1. The molecule has 1 aliphatic rings. The minimum absolute atomic E-state index is 0.00588. The van der Waals surface area contributed by atoms with Crippen LogP contribution in [0.15, 0.2) is 6.33 Å². The molecule has 4 N–H and O–H groups in total. The van der Waals surface area contributed by atoms with E-state index < -0.39 is 30.2 Å². The van der Waals surface area contributed by atoms with Crippen LogP contribution in [0.4, 0.5) is 4.79 Å². The lowest BCUT2D eigenvalue weighted by Crippen LogP contribution is -2.46. The molecule has 1 aromatic rings. The topological polar surface area (TPSA) is 131 Å². The number of carboxylic acid groups (broad SMARTS) is 1. The van der Waals surface area contributed by atoms with Gasteiger partial charge in [0.2, 0.25) is 0 Å².